The quantitative estimate of drug-likeness (QED) is 0.482. The van der Waals surface area contributed by atoms with Gasteiger partial charge in [-0.2, -0.15) is 0 Å². The van der Waals surface area contributed by atoms with Crippen LogP contribution in [0.5, 0.6) is 5.75 Å². The minimum absolute atomic E-state index is 0.0407. The average molecular weight is 295 g/mol. The fourth-order valence-corrected chi connectivity index (χ4v) is 2.40. The van der Waals surface area contributed by atoms with Crippen molar-refractivity contribution in [3.63, 3.8) is 0 Å². The number of rotatable bonds is 2. The first-order chi connectivity index (χ1) is 10.6. The zero-order chi connectivity index (χ0) is 15.7. The Morgan fingerprint density at radius 2 is 2.00 bits per heavy atom. The van der Waals surface area contributed by atoms with E-state index in [1.807, 2.05) is 6.07 Å². The number of carbonyl (C=O) groups is 1. The van der Waals surface area contributed by atoms with E-state index in [1.54, 1.807) is 43.3 Å². The number of benzene rings is 2. The first-order valence-electron chi connectivity index (χ1n) is 6.78. The maximum Gasteiger partial charge on any atom is 0.272 e. The van der Waals surface area contributed by atoms with E-state index in [0.29, 0.717) is 28.0 Å². The molecule has 3 rings (SSSR count). The third-order valence-corrected chi connectivity index (χ3v) is 3.58. The molecule has 0 aromatic heterocycles. The topological polar surface area (TPSA) is 69.4 Å². The van der Waals surface area contributed by atoms with Crippen LogP contribution in [0.1, 0.15) is 21.5 Å². The molecule has 22 heavy (non-hydrogen) atoms. The lowest BCUT2D eigenvalue weighted by Crippen LogP contribution is -2.18. The van der Waals surface area contributed by atoms with E-state index < -0.39 is 4.92 Å². The summed E-state index contributed by atoms with van der Waals surface area (Å²) in [6.45, 7) is 1.84. The van der Waals surface area contributed by atoms with Crippen LogP contribution in [-0.4, -0.2) is 17.3 Å². The van der Waals surface area contributed by atoms with Crippen molar-refractivity contribution in [2.75, 3.05) is 6.61 Å². The van der Waals surface area contributed by atoms with Crippen LogP contribution in [0, 0.1) is 17.0 Å². The Balaban J connectivity index is 1.99. The van der Waals surface area contributed by atoms with E-state index in [1.165, 1.54) is 6.07 Å². The van der Waals surface area contributed by atoms with E-state index in [-0.39, 0.29) is 18.1 Å². The van der Waals surface area contributed by atoms with Crippen LogP contribution in [0.2, 0.25) is 0 Å². The largest absolute Gasteiger partial charge is 0.488 e. The minimum Gasteiger partial charge on any atom is -0.488 e. The Labute approximate surface area is 127 Å². The molecule has 0 unspecified atom stereocenters. The molecule has 1 heterocycles. The molecule has 0 amide bonds. The van der Waals surface area contributed by atoms with E-state index in [2.05, 4.69) is 0 Å². The number of nitrogens with zero attached hydrogens (tertiary/aromatic N) is 1. The molecule has 0 saturated carbocycles. The molecule has 1 aliphatic rings. The van der Waals surface area contributed by atoms with Crippen molar-refractivity contribution in [2.45, 2.75) is 6.92 Å². The second-order valence-electron chi connectivity index (χ2n) is 5.09. The molecular formula is C17H13NO4. The van der Waals surface area contributed by atoms with Gasteiger partial charge in [0.25, 0.3) is 5.69 Å². The van der Waals surface area contributed by atoms with Crippen LogP contribution >= 0.6 is 0 Å². The average Bonchev–Trinajstić information content (AvgIpc) is 2.52. The fourth-order valence-electron chi connectivity index (χ4n) is 2.40. The van der Waals surface area contributed by atoms with Crippen molar-refractivity contribution >= 4 is 17.5 Å². The SMILES string of the molecule is Cc1ccc(C=C2COc3ccccc3C2=O)cc1[N+](=O)[O-]. The first kappa shape index (κ1) is 14.0. The third kappa shape index (κ3) is 2.48. The number of hydrogen-bond donors (Lipinski definition) is 0. The minimum atomic E-state index is -0.425. The van der Waals surface area contributed by atoms with Crippen molar-refractivity contribution in [2.24, 2.45) is 0 Å². The standard InChI is InChI=1S/C17H13NO4/c1-11-6-7-12(9-15(11)18(20)21)8-13-10-22-16-5-3-2-4-14(16)17(13)19/h2-9H,10H2,1H3. The van der Waals surface area contributed by atoms with E-state index >= 15 is 0 Å². The van der Waals surface area contributed by atoms with Gasteiger partial charge in [-0.05, 0) is 30.7 Å². The molecule has 0 fully saturated rings. The molecule has 0 spiro atoms. The highest BCUT2D eigenvalue weighted by Gasteiger charge is 2.23. The Hall–Kier alpha value is -2.95. The summed E-state index contributed by atoms with van der Waals surface area (Å²) < 4.78 is 5.56. The van der Waals surface area contributed by atoms with Gasteiger partial charge in [-0.3, -0.25) is 14.9 Å². The molecule has 0 aliphatic carbocycles. The van der Waals surface area contributed by atoms with Gasteiger partial charge >= 0.3 is 0 Å². The highest BCUT2D eigenvalue weighted by molar-refractivity contribution is 6.14. The summed E-state index contributed by atoms with van der Waals surface area (Å²) in [5.41, 5.74) is 2.24. The highest BCUT2D eigenvalue weighted by atomic mass is 16.6. The van der Waals surface area contributed by atoms with Gasteiger partial charge in [0.1, 0.15) is 12.4 Å². The molecule has 110 valence electrons. The molecular weight excluding hydrogens is 282 g/mol. The van der Waals surface area contributed by atoms with Gasteiger partial charge in [-0.15, -0.1) is 0 Å². The maximum absolute atomic E-state index is 12.4. The molecule has 0 radical (unpaired) electrons. The highest BCUT2D eigenvalue weighted by Crippen LogP contribution is 2.28. The van der Waals surface area contributed by atoms with Crippen LogP contribution in [0.15, 0.2) is 48.0 Å². The van der Waals surface area contributed by atoms with Gasteiger partial charge in [-0.1, -0.05) is 24.3 Å². The van der Waals surface area contributed by atoms with Crippen molar-refractivity contribution < 1.29 is 14.5 Å². The van der Waals surface area contributed by atoms with Crippen LogP contribution in [-0.2, 0) is 0 Å². The number of nitro groups is 1. The number of para-hydroxylation sites is 1. The van der Waals surface area contributed by atoms with Gasteiger partial charge in [0.15, 0.2) is 5.78 Å². The lowest BCUT2D eigenvalue weighted by atomic mass is 9.98. The number of hydrogen-bond acceptors (Lipinski definition) is 4. The lowest BCUT2D eigenvalue weighted by molar-refractivity contribution is -0.385. The predicted molar refractivity (Wildman–Crippen MR) is 82.1 cm³/mol. The van der Waals surface area contributed by atoms with Gasteiger partial charge < -0.3 is 4.74 Å². The number of nitro benzene ring substituents is 1. The molecule has 1 aliphatic heterocycles. The zero-order valence-electron chi connectivity index (χ0n) is 11.9. The van der Waals surface area contributed by atoms with E-state index in [4.69, 9.17) is 4.74 Å². The Morgan fingerprint density at radius 1 is 1.23 bits per heavy atom. The molecule has 0 bridgehead atoms. The van der Waals surface area contributed by atoms with E-state index in [0.717, 1.165) is 0 Å². The summed E-state index contributed by atoms with van der Waals surface area (Å²) in [7, 11) is 0. The molecule has 0 N–H and O–H groups in total. The maximum atomic E-state index is 12.4. The normalized spacial score (nSPS) is 15.3. The molecule has 0 saturated heterocycles. The van der Waals surface area contributed by atoms with Gasteiger partial charge in [0, 0.05) is 17.2 Å². The van der Waals surface area contributed by atoms with Crippen molar-refractivity contribution in [3.8, 4) is 5.75 Å². The number of fused-ring (bicyclic) bond motifs is 1. The number of ether oxygens (including phenoxy) is 1. The molecule has 0 atom stereocenters. The van der Waals surface area contributed by atoms with Crippen LogP contribution in [0.3, 0.4) is 0 Å². The van der Waals surface area contributed by atoms with E-state index in [9.17, 15) is 14.9 Å². The first-order valence-corrected chi connectivity index (χ1v) is 6.78. The van der Waals surface area contributed by atoms with Crippen LogP contribution < -0.4 is 4.74 Å². The Kier molecular flexibility index (Phi) is 3.47. The lowest BCUT2D eigenvalue weighted by Gasteiger charge is -2.18. The van der Waals surface area contributed by atoms with Crippen molar-refractivity contribution in [3.05, 3.63) is 74.8 Å². The molecule has 2 aromatic carbocycles. The smallest absolute Gasteiger partial charge is 0.272 e. The summed E-state index contributed by atoms with van der Waals surface area (Å²) in [5.74, 6) is 0.463. The summed E-state index contributed by atoms with van der Waals surface area (Å²) in [4.78, 5) is 23.0. The van der Waals surface area contributed by atoms with Crippen LogP contribution in [0.4, 0.5) is 5.69 Å². The Bertz CT molecular complexity index is 808. The molecule has 2 aromatic rings. The van der Waals surface area contributed by atoms with Crippen molar-refractivity contribution in [1.82, 2.24) is 0 Å². The van der Waals surface area contributed by atoms with Gasteiger partial charge in [0.05, 0.1) is 10.5 Å². The number of aryl methyl sites for hydroxylation is 1. The number of carbonyl (C=O) groups excluding carboxylic acids is 1. The molecule has 5 heteroatoms. The fraction of sp³-hybridized carbons (Fsp3) is 0.118. The molecule has 5 nitrogen and oxygen atoms in total. The number of ketones is 1. The summed E-state index contributed by atoms with van der Waals surface area (Å²) >= 11 is 0. The monoisotopic (exact) mass is 295 g/mol. The predicted octanol–water partition coefficient (Wildman–Crippen LogP) is 3.56. The summed E-state index contributed by atoms with van der Waals surface area (Å²) in [5, 5.41) is 11.0. The number of Topliss-reactive ketones (excluding diaryl/α,β-unsaturated/α-hetero) is 1. The third-order valence-electron chi connectivity index (χ3n) is 3.58. The second kappa shape index (κ2) is 5.44. The van der Waals surface area contributed by atoms with Crippen molar-refractivity contribution in [1.29, 1.82) is 0 Å². The van der Waals surface area contributed by atoms with Gasteiger partial charge in [-0.25, -0.2) is 0 Å². The zero-order valence-corrected chi connectivity index (χ0v) is 11.9. The summed E-state index contributed by atoms with van der Waals surface area (Å²) in [6, 6.07) is 11.9. The van der Waals surface area contributed by atoms with Crippen LogP contribution in [0.25, 0.3) is 6.08 Å². The Morgan fingerprint density at radius 3 is 2.77 bits per heavy atom. The van der Waals surface area contributed by atoms with Gasteiger partial charge in [0.2, 0.25) is 0 Å². The summed E-state index contributed by atoms with van der Waals surface area (Å²) in [6.07, 6.45) is 1.64. The second-order valence-corrected chi connectivity index (χ2v) is 5.09.